The number of aliphatic hydroxyl groups is 2. The van der Waals surface area contributed by atoms with Gasteiger partial charge >= 0.3 is 11.9 Å². The van der Waals surface area contributed by atoms with Gasteiger partial charge in [0, 0.05) is 12.8 Å². The van der Waals surface area contributed by atoms with Gasteiger partial charge in [0.2, 0.25) is 0 Å². The maximum absolute atomic E-state index is 11.8. The molecule has 1 rings (SSSR count). The lowest BCUT2D eigenvalue weighted by Crippen LogP contribution is -2.32. The summed E-state index contributed by atoms with van der Waals surface area (Å²) < 4.78 is 9.71. The van der Waals surface area contributed by atoms with Crippen LogP contribution < -0.4 is 0 Å². The second-order valence-corrected chi connectivity index (χ2v) is 4.59. The van der Waals surface area contributed by atoms with E-state index in [0.29, 0.717) is 6.42 Å². The lowest BCUT2D eigenvalue weighted by Gasteiger charge is -2.23. The van der Waals surface area contributed by atoms with Crippen LogP contribution in [0.5, 0.6) is 0 Å². The van der Waals surface area contributed by atoms with E-state index in [9.17, 15) is 14.7 Å². The third-order valence-electron chi connectivity index (χ3n) is 3.09. The SMILES string of the molecule is O=C1CCCC(C(O)CCC(O)OO)C(=O)OCCO1. The van der Waals surface area contributed by atoms with Gasteiger partial charge < -0.3 is 19.7 Å². The number of aliphatic hydroxyl groups excluding tert-OH is 2. The second-order valence-electron chi connectivity index (χ2n) is 4.59. The molecule has 116 valence electrons. The predicted molar refractivity (Wildman–Crippen MR) is 64.2 cm³/mol. The van der Waals surface area contributed by atoms with E-state index in [1.807, 2.05) is 0 Å². The molecule has 3 atom stereocenters. The summed E-state index contributed by atoms with van der Waals surface area (Å²) >= 11 is 0. The fourth-order valence-electron chi connectivity index (χ4n) is 1.98. The molecule has 20 heavy (non-hydrogen) atoms. The molecule has 1 heterocycles. The normalized spacial score (nSPS) is 24.4. The first-order valence-corrected chi connectivity index (χ1v) is 6.53. The molecule has 1 aliphatic rings. The Balaban J connectivity index is 2.52. The highest BCUT2D eigenvalue weighted by molar-refractivity contribution is 5.73. The number of esters is 2. The van der Waals surface area contributed by atoms with Crippen LogP contribution in [-0.4, -0.2) is 53.0 Å². The number of carbonyl (C=O) groups excluding carboxylic acids is 2. The molecule has 0 aromatic rings. The molecule has 1 fully saturated rings. The number of rotatable bonds is 5. The van der Waals surface area contributed by atoms with Gasteiger partial charge in [0.05, 0.1) is 12.0 Å². The summed E-state index contributed by atoms with van der Waals surface area (Å²) in [5, 5.41) is 27.2. The maximum Gasteiger partial charge on any atom is 0.311 e. The van der Waals surface area contributed by atoms with Crippen LogP contribution in [0.2, 0.25) is 0 Å². The quantitative estimate of drug-likeness (QED) is 0.276. The first-order valence-electron chi connectivity index (χ1n) is 6.53. The van der Waals surface area contributed by atoms with E-state index in [1.54, 1.807) is 0 Å². The van der Waals surface area contributed by atoms with E-state index < -0.39 is 24.3 Å². The summed E-state index contributed by atoms with van der Waals surface area (Å²) in [7, 11) is 0. The topological polar surface area (TPSA) is 123 Å². The Morgan fingerprint density at radius 3 is 2.60 bits per heavy atom. The molecule has 0 aliphatic carbocycles. The van der Waals surface area contributed by atoms with Gasteiger partial charge in [-0.25, -0.2) is 10.1 Å². The molecule has 0 aromatic carbocycles. The minimum Gasteiger partial charge on any atom is -0.462 e. The molecule has 0 saturated carbocycles. The minimum atomic E-state index is -1.41. The van der Waals surface area contributed by atoms with Crippen LogP contribution >= 0.6 is 0 Å². The van der Waals surface area contributed by atoms with Crippen molar-refractivity contribution in [2.24, 2.45) is 5.92 Å². The standard InChI is InChI=1S/C12H20O8/c13-9(4-5-11(15)20-17)8-2-1-3-10(14)18-6-7-19-12(8)16/h8-9,11,13,15,17H,1-7H2. The molecular weight excluding hydrogens is 272 g/mol. The molecule has 0 amide bonds. The largest absolute Gasteiger partial charge is 0.462 e. The van der Waals surface area contributed by atoms with Gasteiger partial charge in [0.15, 0.2) is 6.29 Å². The van der Waals surface area contributed by atoms with E-state index in [2.05, 4.69) is 4.89 Å². The number of cyclic esters (lactones) is 2. The molecule has 1 aliphatic heterocycles. The average Bonchev–Trinajstić information content (AvgIpc) is 2.44. The van der Waals surface area contributed by atoms with Gasteiger partial charge in [-0.2, -0.15) is 0 Å². The Labute approximate surface area is 116 Å². The van der Waals surface area contributed by atoms with Crippen molar-refractivity contribution < 1.29 is 39.4 Å². The summed E-state index contributed by atoms with van der Waals surface area (Å²) in [6, 6.07) is 0. The Bertz CT molecular complexity index is 319. The Morgan fingerprint density at radius 1 is 1.20 bits per heavy atom. The zero-order valence-electron chi connectivity index (χ0n) is 11.1. The smallest absolute Gasteiger partial charge is 0.311 e. The van der Waals surface area contributed by atoms with Gasteiger partial charge in [0.1, 0.15) is 13.2 Å². The lowest BCUT2D eigenvalue weighted by molar-refractivity contribution is -0.336. The Kier molecular flexibility index (Phi) is 7.45. The Hall–Kier alpha value is -1.22. The van der Waals surface area contributed by atoms with Gasteiger partial charge in [-0.15, -0.1) is 0 Å². The van der Waals surface area contributed by atoms with E-state index in [1.165, 1.54) is 0 Å². The summed E-state index contributed by atoms with van der Waals surface area (Å²) in [5.74, 6) is -1.69. The predicted octanol–water partition coefficient (Wildman–Crippen LogP) is -0.178. The minimum absolute atomic E-state index is 0.00442. The van der Waals surface area contributed by atoms with Crippen LogP contribution in [0.3, 0.4) is 0 Å². The summed E-state index contributed by atoms with van der Waals surface area (Å²) in [6.07, 6.45) is -1.55. The van der Waals surface area contributed by atoms with Crippen LogP contribution in [0.15, 0.2) is 0 Å². The van der Waals surface area contributed by atoms with E-state index in [-0.39, 0.29) is 44.9 Å². The fourth-order valence-corrected chi connectivity index (χ4v) is 1.98. The van der Waals surface area contributed by atoms with Crippen molar-refractivity contribution >= 4 is 11.9 Å². The highest BCUT2D eigenvalue weighted by Crippen LogP contribution is 2.20. The third-order valence-corrected chi connectivity index (χ3v) is 3.09. The lowest BCUT2D eigenvalue weighted by atomic mass is 9.92. The molecule has 8 heteroatoms. The number of carbonyl (C=O) groups is 2. The molecule has 0 spiro atoms. The highest BCUT2D eigenvalue weighted by atomic mass is 17.1. The first-order chi connectivity index (χ1) is 9.54. The van der Waals surface area contributed by atoms with Crippen LogP contribution in [0.4, 0.5) is 0 Å². The average molecular weight is 292 g/mol. The Morgan fingerprint density at radius 2 is 1.90 bits per heavy atom. The molecule has 0 bridgehead atoms. The van der Waals surface area contributed by atoms with Crippen molar-refractivity contribution in [3.05, 3.63) is 0 Å². The molecule has 1 saturated heterocycles. The number of hydrogen-bond acceptors (Lipinski definition) is 8. The van der Waals surface area contributed by atoms with Crippen LogP contribution in [0.1, 0.15) is 32.1 Å². The zero-order chi connectivity index (χ0) is 15.0. The van der Waals surface area contributed by atoms with Crippen molar-refractivity contribution in [3.63, 3.8) is 0 Å². The van der Waals surface area contributed by atoms with Crippen LogP contribution in [0, 0.1) is 5.92 Å². The van der Waals surface area contributed by atoms with E-state index >= 15 is 0 Å². The van der Waals surface area contributed by atoms with Crippen molar-refractivity contribution in [1.82, 2.24) is 0 Å². The van der Waals surface area contributed by atoms with Crippen molar-refractivity contribution in [2.45, 2.75) is 44.5 Å². The highest BCUT2D eigenvalue weighted by Gasteiger charge is 2.29. The fraction of sp³-hybridized carbons (Fsp3) is 0.833. The van der Waals surface area contributed by atoms with Crippen molar-refractivity contribution in [1.29, 1.82) is 0 Å². The monoisotopic (exact) mass is 292 g/mol. The second kappa shape index (κ2) is 8.85. The summed E-state index contributed by atoms with van der Waals surface area (Å²) in [4.78, 5) is 26.7. The molecule has 0 radical (unpaired) electrons. The number of hydrogen-bond donors (Lipinski definition) is 3. The zero-order valence-corrected chi connectivity index (χ0v) is 11.1. The first kappa shape index (κ1) is 16.8. The van der Waals surface area contributed by atoms with Gasteiger partial charge in [-0.1, -0.05) is 0 Å². The van der Waals surface area contributed by atoms with Crippen LogP contribution in [-0.2, 0) is 24.0 Å². The van der Waals surface area contributed by atoms with Gasteiger partial charge in [-0.05, 0) is 19.3 Å². The van der Waals surface area contributed by atoms with E-state index in [0.717, 1.165) is 0 Å². The van der Waals surface area contributed by atoms with Gasteiger partial charge in [-0.3, -0.25) is 9.59 Å². The molecule has 8 nitrogen and oxygen atoms in total. The molecule has 0 aromatic heterocycles. The summed E-state index contributed by atoms with van der Waals surface area (Å²) in [6.45, 7) is -0.0410. The molecule has 3 N–H and O–H groups in total. The van der Waals surface area contributed by atoms with Crippen molar-refractivity contribution in [3.8, 4) is 0 Å². The maximum atomic E-state index is 11.8. The van der Waals surface area contributed by atoms with Crippen molar-refractivity contribution in [2.75, 3.05) is 13.2 Å². The van der Waals surface area contributed by atoms with Gasteiger partial charge in [0.25, 0.3) is 0 Å². The van der Waals surface area contributed by atoms with E-state index in [4.69, 9.17) is 19.8 Å². The molecule has 3 unspecified atom stereocenters. The molecular formula is C12H20O8. The third kappa shape index (κ3) is 5.83. The van der Waals surface area contributed by atoms with Crippen LogP contribution in [0.25, 0.3) is 0 Å². The number of ether oxygens (including phenoxy) is 2. The summed E-state index contributed by atoms with van der Waals surface area (Å²) in [5.41, 5.74) is 0.